The molecule has 0 fully saturated rings. The van der Waals surface area contributed by atoms with Gasteiger partial charge in [0.1, 0.15) is 11.3 Å². The van der Waals surface area contributed by atoms with Gasteiger partial charge in [0.25, 0.3) is 0 Å². The van der Waals surface area contributed by atoms with Crippen LogP contribution in [0.1, 0.15) is 23.8 Å². The summed E-state index contributed by atoms with van der Waals surface area (Å²) in [7, 11) is 0. The van der Waals surface area contributed by atoms with Crippen LogP contribution < -0.4 is 5.73 Å². The summed E-state index contributed by atoms with van der Waals surface area (Å²) in [6.45, 7) is 2.12. The third kappa shape index (κ3) is 2.64. The van der Waals surface area contributed by atoms with E-state index in [0.717, 1.165) is 5.69 Å². The van der Waals surface area contributed by atoms with Gasteiger partial charge in [-0.05, 0) is 26.0 Å². The Morgan fingerprint density at radius 1 is 1.62 bits per heavy atom. The van der Waals surface area contributed by atoms with Crippen LogP contribution in [0.5, 0.6) is 0 Å². The minimum atomic E-state index is -1.11. The topological polar surface area (TPSA) is 38.9 Å². The van der Waals surface area contributed by atoms with Crippen molar-refractivity contribution in [1.82, 2.24) is 4.98 Å². The van der Waals surface area contributed by atoms with E-state index in [-0.39, 0.29) is 11.6 Å². The van der Waals surface area contributed by atoms with Crippen LogP contribution in [0.15, 0.2) is 12.1 Å². The number of rotatable bonds is 3. The van der Waals surface area contributed by atoms with Crippen LogP contribution in [0.4, 0.5) is 4.39 Å². The van der Waals surface area contributed by atoms with Crippen LogP contribution in [0.3, 0.4) is 0 Å². The molecule has 0 amide bonds. The molecule has 0 saturated heterocycles. The van der Waals surface area contributed by atoms with Crippen molar-refractivity contribution in [2.24, 2.45) is 5.73 Å². The second-order valence-electron chi connectivity index (χ2n) is 2.88. The molecular weight excluding hydrogens is 191 g/mol. The van der Waals surface area contributed by atoms with Gasteiger partial charge in [-0.2, -0.15) is 0 Å². The highest BCUT2D eigenvalue weighted by Gasteiger charge is 2.13. The highest BCUT2D eigenvalue weighted by molar-refractivity contribution is 6.30. The molecule has 0 aliphatic heterocycles. The van der Waals surface area contributed by atoms with Crippen LogP contribution in [0, 0.1) is 6.92 Å². The molecule has 0 bridgehead atoms. The summed E-state index contributed by atoms with van der Waals surface area (Å²) in [5, 5.41) is 0.237. The second kappa shape index (κ2) is 4.53. The van der Waals surface area contributed by atoms with Gasteiger partial charge >= 0.3 is 0 Å². The lowest BCUT2D eigenvalue weighted by atomic mass is 10.1. The summed E-state index contributed by atoms with van der Waals surface area (Å²) in [5.74, 6) is 0. The number of aromatic nitrogens is 1. The minimum Gasteiger partial charge on any atom is -0.330 e. The van der Waals surface area contributed by atoms with Crippen molar-refractivity contribution in [3.8, 4) is 0 Å². The highest BCUT2D eigenvalue weighted by atomic mass is 35.5. The SMILES string of the molecule is Cc1ccc(C(F)CCN)c(Cl)n1. The number of alkyl halides is 1. The van der Waals surface area contributed by atoms with Gasteiger partial charge in [-0.15, -0.1) is 0 Å². The molecule has 0 spiro atoms. The second-order valence-corrected chi connectivity index (χ2v) is 3.24. The molecule has 1 atom stereocenters. The van der Waals surface area contributed by atoms with E-state index in [4.69, 9.17) is 17.3 Å². The number of pyridine rings is 1. The predicted molar refractivity (Wildman–Crippen MR) is 51.5 cm³/mol. The van der Waals surface area contributed by atoms with Crippen LogP contribution in [-0.2, 0) is 0 Å². The Morgan fingerprint density at radius 3 is 2.85 bits per heavy atom. The van der Waals surface area contributed by atoms with Crippen molar-refractivity contribution in [2.45, 2.75) is 19.5 Å². The monoisotopic (exact) mass is 202 g/mol. The van der Waals surface area contributed by atoms with Crippen molar-refractivity contribution in [3.05, 3.63) is 28.5 Å². The van der Waals surface area contributed by atoms with Gasteiger partial charge in [0.2, 0.25) is 0 Å². The Labute approximate surface area is 81.9 Å². The van der Waals surface area contributed by atoms with Crippen molar-refractivity contribution in [2.75, 3.05) is 6.54 Å². The molecule has 1 rings (SSSR count). The molecule has 0 aliphatic carbocycles. The summed E-state index contributed by atoms with van der Waals surface area (Å²) in [6.07, 6.45) is -0.824. The zero-order valence-electron chi connectivity index (χ0n) is 7.43. The molecule has 2 N–H and O–H groups in total. The highest BCUT2D eigenvalue weighted by Crippen LogP contribution is 2.26. The van der Waals surface area contributed by atoms with E-state index in [2.05, 4.69) is 4.98 Å². The molecule has 1 aromatic heterocycles. The van der Waals surface area contributed by atoms with E-state index in [1.165, 1.54) is 0 Å². The first-order valence-corrected chi connectivity index (χ1v) is 4.50. The summed E-state index contributed by atoms with van der Waals surface area (Å²) in [4.78, 5) is 3.96. The Hall–Kier alpha value is -0.670. The van der Waals surface area contributed by atoms with E-state index < -0.39 is 6.17 Å². The van der Waals surface area contributed by atoms with E-state index in [1.54, 1.807) is 12.1 Å². The first kappa shape index (κ1) is 10.4. The van der Waals surface area contributed by atoms with E-state index in [1.807, 2.05) is 6.92 Å². The van der Waals surface area contributed by atoms with Crippen molar-refractivity contribution >= 4 is 11.6 Å². The van der Waals surface area contributed by atoms with Gasteiger partial charge in [0, 0.05) is 11.3 Å². The maximum absolute atomic E-state index is 13.3. The normalized spacial score (nSPS) is 12.9. The van der Waals surface area contributed by atoms with Crippen LogP contribution in [-0.4, -0.2) is 11.5 Å². The number of hydrogen-bond acceptors (Lipinski definition) is 2. The number of hydrogen-bond donors (Lipinski definition) is 1. The molecule has 1 unspecified atom stereocenters. The number of nitrogens with two attached hydrogens (primary N) is 1. The molecule has 0 aliphatic rings. The van der Waals surface area contributed by atoms with Gasteiger partial charge in [-0.1, -0.05) is 17.7 Å². The van der Waals surface area contributed by atoms with Crippen LogP contribution in [0.2, 0.25) is 5.15 Å². The smallest absolute Gasteiger partial charge is 0.135 e. The van der Waals surface area contributed by atoms with Crippen molar-refractivity contribution in [3.63, 3.8) is 0 Å². The predicted octanol–water partition coefficient (Wildman–Crippen LogP) is 2.40. The largest absolute Gasteiger partial charge is 0.330 e. The Morgan fingerprint density at radius 2 is 2.31 bits per heavy atom. The molecule has 0 radical (unpaired) electrons. The zero-order valence-corrected chi connectivity index (χ0v) is 8.18. The summed E-state index contributed by atoms with van der Waals surface area (Å²) in [5.41, 5.74) is 6.46. The summed E-state index contributed by atoms with van der Waals surface area (Å²) >= 11 is 5.77. The van der Waals surface area contributed by atoms with Crippen LogP contribution >= 0.6 is 11.6 Å². The summed E-state index contributed by atoms with van der Waals surface area (Å²) < 4.78 is 13.3. The van der Waals surface area contributed by atoms with E-state index in [0.29, 0.717) is 12.1 Å². The fraction of sp³-hybridized carbons (Fsp3) is 0.444. The maximum Gasteiger partial charge on any atom is 0.135 e. The number of aryl methyl sites for hydroxylation is 1. The fourth-order valence-corrected chi connectivity index (χ4v) is 1.39. The van der Waals surface area contributed by atoms with Gasteiger partial charge < -0.3 is 5.73 Å². The van der Waals surface area contributed by atoms with Crippen molar-refractivity contribution < 1.29 is 4.39 Å². The lowest BCUT2D eigenvalue weighted by Gasteiger charge is -2.08. The van der Waals surface area contributed by atoms with Crippen molar-refractivity contribution in [1.29, 1.82) is 0 Å². The molecule has 13 heavy (non-hydrogen) atoms. The Bertz CT molecular complexity index is 291. The molecular formula is C9H12ClFN2. The first-order valence-electron chi connectivity index (χ1n) is 4.12. The molecule has 4 heteroatoms. The third-order valence-corrected chi connectivity index (χ3v) is 2.08. The van der Waals surface area contributed by atoms with Gasteiger partial charge in [0.15, 0.2) is 0 Å². The molecule has 1 heterocycles. The van der Waals surface area contributed by atoms with Gasteiger partial charge in [0.05, 0.1) is 0 Å². The lowest BCUT2D eigenvalue weighted by molar-refractivity contribution is 0.327. The first-order chi connectivity index (χ1) is 6.15. The van der Waals surface area contributed by atoms with E-state index >= 15 is 0 Å². The number of halogens is 2. The average molecular weight is 203 g/mol. The molecule has 1 aromatic rings. The fourth-order valence-electron chi connectivity index (χ4n) is 1.07. The quantitative estimate of drug-likeness (QED) is 0.765. The summed E-state index contributed by atoms with van der Waals surface area (Å²) in [6, 6.07) is 3.40. The van der Waals surface area contributed by atoms with E-state index in [9.17, 15) is 4.39 Å². The Kier molecular flexibility index (Phi) is 3.63. The average Bonchev–Trinajstić information content (AvgIpc) is 2.04. The standard InChI is InChI=1S/C9H12ClFN2/c1-6-2-3-7(9(10)13-6)8(11)4-5-12/h2-3,8H,4-5,12H2,1H3. The minimum absolute atomic E-state index is 0.237. The zero-order chi connectivity index (χ0) is 9.84. The van der Waals surface area contributed by atoms with Crippen LogP contribution in [0.25, 0.3) is 0 Å². The maximum atomic E-state index is 13.3. The van der Waals surface area contributed by atoms with Gasteiger partial charge in [-0.3, -0.25) is 0 Å². The Balaban J connectivity index is 2.88. The molecule has 0 saturated carbocycles. The number of nitrogens with zero attached hydrogens (tertiary/aromatic N) is 1. The molecule has 72 valence electrons. The molecule has 0 aromatic carbocycles. The third-order valence-electron chi connectivity index (χ3n) is 1.77. The lowest BCUT2D eigenvalue weighted by Crippen LogP contribution is -2.04. The van der Waals surface area contributed by atoms with Gasteiger partial charge in [-0.25, -0.2) is 9.37 Å². The molecule has 2 nitrogen and oxygen atoms in total.